The zero-order valence-electron chi connectivity index (χ0n) is 14.5. The molecule has 0 saturated heterocycles. The molecule has 1 heterocycles. The van der Waals surface area contributed by atoms with Crippen molar-refractivity contribution in [3.05, 3.63) is 47.4 Å². The van der Waals surface area contributed by atoms with Crippen molar-refractivity contribution < 1.29 is 19.1 Å². The minimum absolute atomic E-state index is 0.217. The molecule has 0 aliphatic rings. The zero-order valence-corrected chi connectivity index (χ0v) is 14.5. The van der Waals surface area contributed by atoms with Crippen molar-refractivity contribution in [2.75, 3.05) is 32.6 Å². The zero-order chi connectivity index (χ0) is 17.7. The van der Waals surface area contributed by atoms with Crippen molar-refractivity contribution in [3.8, 4) is 5.75 Å². The van der Waals surface area contributed by atoms with Gasteiger partial charge in [0.15, 0.2) is 5.76 Å². The first-order chi connectivity index (χ1) is 11.3. The van der Waals surface area contributed by atoms with Crippen molar-refractivity contribution in [2.45, 2.75) is 20.0 Å². The molecule has 1 aromatic carbocycles. The maximum Gasteiger partial charge on any atom is 0.291 e. The molecule has 0 spiro atoms. The van der Waals surface area contributed by atoms with Crippen LogP contribution in [0.3, 0.4) is 0 Å². The third-order valence-corrected chi connectivity index (χ3v) is 3.52. The summed E-state index contributed by atoms with van der Waals surface area (Å²) in [7, 11) is 3.78. The number of hydrogen-bond donors (Lipinski definition) is 2. The molecule has 0 aliphatic heterocycles. The molecule has 1 aromatic heterocycles. The number of benzene rings is 1. The fourth-order valence-electron chi connectivity index (χ4n) is 2.18. The summed E-state index contributed by atoms with van der Waals surface area (Å²) < 4.78 is 10.9. The van der Waals surface area contributed by atoms with E-state index in [1.807, 2.05) is 32.8 Å². The van der Waals surface area contributed by atoms with Gasteiger partial charge in [-0.3, -0.25) is 4.79 Å². The molecule has 6 heteroatoms. The molecule has 2 rings (SSSR count). The fourth-order valence-corrected chi connectivity index (χ4v) is 2.18. The minimum atomic E-state index is -0.551. The molecule has 2 aromatic rings. The van der Waals surface area contributed by atoms with Gasteiger partial charge in [-0.2, -0.15) is 0 Å². The van der Waals surface area contributed by atoms with E-state index < -0.39 is 6.10 Å². The maximum absolute atomic E-state index is 12.1. The number of carbonyl (C=O) groups excluding carboxylic acids is 1. The number of nitrogens with zero attached hydrogens (tertiary/aromatic N) is 1. The highest BCUT2D eigenvalue weighted by Crippen LogP contribution is 2.18. The lowest BCUT2D eigenvalue weighted by Crippen LogP contribution is -2.30. The Labute approximate surface area is 142 Å². The number of furan rings is 1. The second-order valence-electron chi connectivity index (χ2n) is 6.06. The quantitative estimate of drug-likeness (QED) is 0.814. The monoisotopic (exact) mass is 332 g/mol. The van der Waals surface area contributed by atoms with Crippen LogP contribution in [-0.2, 0) is 0 Å². The molecule has 0 saturated carbocycles. The Bertz CT molecular complexity index is 657. The topological polar surface area (TPSA) is 74.9 Å². The van der Waals surface area contributed by atoms with Crippen LogP contribution in [0.1, 0.15) is 21.9 Å². The van der Waals surface area contributed by atoms with Crippen LogP contribution < -0.4 is 10.1 Å². The first kappa shape index (κ1) is 18.0. The number of carbonyl (C=O) groups is 1. The Morgan fingerprint density at radius 2 is 1.96 bits per heavy atom. The molecule has 0 fully saturated rings. The molecule has 1 amide bonds. The summed E-state index contributed by atoms with van der Waals surface area (Å²) in [5.74, 6) is 1.37. The third-order valence-electron chi connectivity index (χ3n) is 3.52. The van der Waals surface area contributed by atoms with Crippen LogP contribution in [-0.4, -0.2) is 49.3 Å². The van der Waals surface area contributed by atoms with E-state index in [9.17, 15) is 9.90 Å². The van der Waals surface area contributed by atoms with Gasteiger partial charge in [0, 0.05) is 12.2 Å². The highest BCUT2D eigenvalue weighted by molar-refractivity contribution is 6.02. The van der Waals surface area contributed by atoms with Gasteiger partial charge in [0.05, 0.1) is 0 Å². The van der Waals surface area contributed by atoms with Crippen LogP contribution in [0.5, 0.6) is 5.75 Å². The van der Waals surface area contributed by atoms with E-state index in [4.69, 9.17) is 9.15 Å². The van der Waals surface area contributed by atoms with Crippen LogP contribution in [0.4, 0.5) is 5.69 Å². The molecule has 130 valence electrons. The van der Waals surface area contributed by atoms with Gasteiger partial charge in [-0.05, 0) is 63.8 Å². The first-order valence-electron chi connectivity index (χ1n) is 7.79. The van der Waals surface area contributed by atoms with E-state index in [1.165, 1.54) is 0 Å². The number of anilines is 1. The third kappa shape index (κ3) is 5.11. The molecule has 2 N–H and O–H groups in total. The lowest BCUT2D eigenvalue weighted by Gasteiger charge is -2.16. The first-order valence-corrected chi connectivity index (χ1v) is 7.79. The van der Waals surface area contributed by atoms with E-state index in [2.05, 4.69) is 5.32 Å². The van der Waals surface area contributed by atoms with E-state index in [1.54, 1.807) is 30.3 Å². The standard InChI is InChI=1S/C18H24N2O4/c1-12-9-17(24-13(12)2)18(22)19-14-5-7-16(8-6-14)23-11-15(21)10-20(3)4/h5-9,15,21H,10-11H2,1-4H3,(H,19,22). The average molecular weight is 332 g/mol. The number of aliphatic hydroxyl groups excluding tert-OH is 1. The van der Waals surface area contributed by atoms with Gasteiger partial charge in [-0.25, -0.2) is 0 Å². The van der Waals surface area contributed by atoms with Crippen LogP contribution in [0.15, 0.2) is 34.7 Å². The molecule has 24 heavy (non-hydrogen) atoms. The van der Waals surface area contributed by atoms with E-state index in [0.29, 0.717) is 18.0 Å². The van der Waals surface area contributed by atoms with Crippen molar-refractivity contribution in [1.29, 1.82) is 0 Å². The predicted octanol–water partition coefficient (Wildman–Crippen LogP) is 2.45. The Balaban J connectivity index is 1.88. The lowest BCUT2D eigenvalue weighted by molar-refractivity contribution is 0.0831. The summed E-state index contributed by atoms with van der Waals surface area (Å²) >= 11 is 0. The van der Waals surface area contributed by atoms with Gasteiger partial charge in [-0.15, -0.1) is 0 Å². The van der Waals surface area contributed by atoms with Crippen molar-refractivity contribution >= 4 is 11.6 Å². The largest absolute Gasteiger partial charge is 0.491 e. The molecule has 1 unspecified atom stereocenters. The van der Waals surface area contributed by atoms with Crippen LogP contribution in [0.25, 0.3) is 0 Å². The van der Waals surface area contributed by atoms with Crippen molar-refractivity contribution in [2.24, 2.45) is 0 Å². The van der Waals surface area contributed by atoms with Crippen molar-refractivity contribution in [3.63, 3.8) is 0 Å². The summed E-state index contributed by atoms with van der Waals surface area (Å²) in [6.07, 6.45) is -0.551. The number of hydrogen-bond acceptors (Lipinski definition) is 5. The highest BCUT2D eigenvalue weighted by atomic mass is 16.5. The molecule has 0 aliphatic carbocycles. The molecule has 6 nitrogen and oxygen atoms in total. The van der Waals surface area contributed by atoms with Gasteiger partial charge in [0.25, 0.3) is 5.91 Å². The van der Waals surface area contributed by atoms with Gasteiger partial charge >= 0.3 is 0 Å². The summed E-state index contributed by atoms with van der Waals surface area (Å²) in [4.78, 5) is 14.0. The Hall–Kier alpha value is -2.31. The van der Waals surface area contributed by atoms with Gasteiger partial charge in [0.1, 0.15) is 24.2 Å². The van der Waals surface area contributed by atoms with E-state index in [-0.39, 0.29) is 18.3 Å². The number of aliphatic hydroxyl groups is 1. The summed E-state index contributed by atoms with van der Waals surface area (Å²) in [5.41, 5.74) is 1.59. The smallest absolute Gasteiger partial charge is 0.291 e. The molecular formula is C18H24N2O4. The molecule has 1 atom stereocenters. The van der Waals surface area contributed by atoms with E-state index in [0.717, 1.165) is 11.3 Å². The van der Waals surface area contributed by atoms with Crippen LogP contribution >= 0.6 is 0 Å². The molecular weight excluding hydrogens is 308 g/mol. The second kappa shape index (κ2) is 7.99. The molecule has 0 radical (unpaired) electrons. The Morgan fingerprint density at radius 3 is 2.50 bits per heavy atom. The van der Waals surface area contributed by atoms with Crippen LogP contribution in [0.2, 0.25) is 0 Å². The lowest BCUT2D eigenvalue weighted by atomic mass is 10.2. The molecule has 0 bridgehead atoms. The highest BCUT2D eigenvalue weighted by Gasteiger charge is 2.13. The van der Waals surface area contributed by atoms with Gasteiger partial charge in [-0.1, -0.05) is 0 Å². The number of ether oxygens (including phenoxy) is 1. The fraction of sp³-hybridized carbons (Fsp3) is 0.389. The average Bonchev–Trinajstić information content (AvgIpc) is 2.85. The van der Waals surface area contributed by atoms with Crippen LogP contribution in [0, 0.1) is 13.8 Å². The second-order valence-corrected chi connectivity index (χ2v) is 6.06. The number of aryl methyl sites for hydroxylation is 2. The number of likely N-dealkylation sites (N-methyl/N-ethyl adjacent to an activating group) is 1. The van der Waals surface area contributed by atoms with Gasteiger partial charge < -0.3 is 24.5 Å². The number of nitrogens with one attached hydrogen (secondary N) is 1. The SMILES string of the molecule is Cc1cc(C(=O)Nc2ccc(OCC(O)CN(C)C)cc2)oc1C. The van der Waals surface area contributed by atoms with Crippen molar-refractivity contribution in [1.82, 2.24) is 4.90 Å². The van der Waals surface area contributed by atoms with E-state index >= 15 is 0 Å². The van der Waals surface area contributed by atoms with Gasteiger partial charge in [0.2, 0.25) is 0 Å². The maximum atomic E-state index is 12.1. The summed E-state index contributed by atoms with van der Waals surface area (Å²) in [5, 5.41) is 12.5. The predicted molar refractivity (Wildman–Crippen MR) is 92.6 cm³/mol. The number of rotatable bonds is 7. The number of amides is 1. The Kier molecular flexibility index (Phi) is 6.00. The summed E-state index contributed by atoms with van der Waals surface area (Å²) in [6, 6.07) is 8.70. The minimum Gasteiger partial charge on any atom is -0.491 e. The Morgan fingerprint density at radius 1 is 1.29 bits per heavy atom. The summed E-state index contributed by atoms with van der Waals surface area (Å²) in [6.45, 7) is 4.47. The normalized spacial score (nSPS) is 12.2.